The van der Waals surface area contributed by atoms with Crippen LogP contribution in [-0.4, -0.2) is 39.2 Å². The summed E-state index contributed by atoms with van der Waals surface area (Å²) in [5.41, 5.74) is 1.56. The van der Waals surface area contributed by atoms with E-state index in [2.05, 4.69) is 4.99 Å². The predicted octanol–water partition coefficient (Wildman–Crippen LogP) is 2.76. The summed E-state index contributed by atoms with van der Waals surface area (Å²) in [5.74, 6) is 1.36. The van der Waals surface area contributed by atoms with Crippen molar-refractivity contribution < 1.29 is 23.7 Å². The zero-order chi connectivity index (χ0) is 17.8. The van der Waals surface area contributed by atoms with Gasteiger partial charge in [-0.1, -0.05) is 12.1 Å². The molecule has 0 N–H and O–H groups in total. The molecule has 2 atom stereocenters. The van der Waals surface area contributed by atoms with Gasteiger partial charge in [0.05, 0.1) is 21.3 Å². The number of carbonyl (C=O) groups excluding carboxylic acids is 1. The number of benzene rings is 2. The van der Waals surface area contributed by atoms with E-state index in [1.54, 1.807) is 14.2 Å². The molecule has 0 bridgehead atoms. The van der Waals surface area contributed by atoms with E-state index in [-0.39, 0.29) is 0 Å². The standard InChI is InChI=1S/C19H19NO5/c1-22-14-9-7-12(8-10-14)18-20-16(19(21)24-3)17(25-18)13-5-4-6-15(11-13)23-2/h4-11,16-17H,1-3H3/t16-,17+/m1/s1. The normalized spacial score (nSPS) is 18.9. The van der Waals surface area contributed by atoms with E-state index >= 15 is 0 Å². The number of carbonyl (C=O) groups is 1. The predicted molar refractivity (Wildman–Crippen MR) is 92.2 cm³/mol. The highest BCUT2D eigenvalue weighted by molar-refractivity contribution is 5.98. The molecule has 2 aromatic rings. The maximum Gasteiger partial charge on any atom is 0.335 e. The third-order valence-corrected chi connectivity index (χ3v) is 3.98. The Kier molecular flexibility index (Phi) is 4.88. The number of hydrogen-bond acceptors (Lipinski definition) is 6. The molecule has 130 valence electrons. The van der Waals surface area contributed by atoms with Crippen LogP contribution in [0, 0.1) is 0 Å². The van der Waals surface area contributed by atoms with Gasteiger partial charge in [0, 0.05) is 5.56 Å². The van der Waals surface area contributed by atoms with Crippen LogP contribution >= 0.6 is 0 Å². The zero-order valence-corrected chi connectivity index (χ0v) is 14.3. The molecular weight excluding hydrogens is 322 g/mol. The summed E-state index contributed by atoms with van der Waals surface area (Å²) in [7, 11) is 4.53. The van der Waals surface area contributed by atoms with Crippen LogP contribution in [0.5, 0.6) is 11.5 Å². The minimum Gasteiger partial charge on any atom is -0.497 e. The third-order valence-electron chi connectivity index (χ3n) is 3.98. The van der Waals surface area contributed by atoms with E-state index in [4.69, 9.17) is 18.9 Å². The van der Waals surface area contributed by atoms with Crippen molar-refractivity contribution in [3.8, 4) is 11.5 Å². The van der Waals surface area contributed by atoms with Crippen LogP contribution in [0.2, 0.25) is 0 Å². The first kappa shape index (κ1) is 16.8. The van der Waals surface area contributed by atoms with E-state index < -0.39 is 18.1 Å². The van der Waals surface area contributed by atoms with Crippen molar-refractivity contribution in [1.82, 2.24) is 0 Å². The fourth-order valence-electron chi connectivity index (χ4n) is 2.65. The molecule has 3 rings (SSSR count). The molecule has 0 unspecified atom stereocenters. The summed E-state index contributed by atoms with van der Waals surface area (Å²) in [5, 5.41) is 0. The van der Waals surface area contributed by atoms with Gasteiger partial charge in [-0.15, -0.1) is 0 Å². The number of methoxy groups -OCH3 is 3. The summed E-state index contributed by atoms with van der Waals surface area (Å²) in [6, 6.07) is 13.9. The van der Waals surface area contributed by atoms with E-state index in [0.29, 0.717) is 11.6 Å². The second kappa shape index (κ2) is 7.25. The van der Waals surface area contributed by atoms with Crippen LogP contribution in [0.25, 0.3) is 0 Å². The van der Waals surface area contributed by atoms with Gasteiger partial charge in [0.2, 0.25) is 5.90 Å². The second-order valence-corrected chi connectivity index (χ2v) is 5.45. The van der Waals surface area contributed by atoms with Crippen molar-refractivity contribution in [1.29, 1.82) is 0 Å². The molecule has 0 saturated carbocycles. The smallest absolute Gasteiger partial charge is 0.335 e. The largest absolute Gasteiger partial charge is 0.497 e. The molecule has 0 spiro atoms. The zero-order valence-electron chi connectivity index (χ0n) is 14.3. The van der Waals surface area contributed by atoms with Crippen molar-refractivity contribution in [2.45, 2.75) is 12.1 Å². The summed E-state index contributed by atoms with van der Waals surface area (Å²) in [4.78, 5) is 16.6. The van der Waals surface area contributed by atoms with Crippen LogP contribution in [0.15, 0.2) is 53.5 Å². The van der Waals surface area contributed by atoms with Crippen molar-refractivity contribution in [2.24, 2.45) is 4.99 Å². The Morgan fingerprint density at radius 3 is 2.36 bits per heavy atom. The van der Waals surface area contributed by atoms with Crippen molar-refractivity contribution >= 4 is 11.9 Å². The van der Waals surface area contributed by atoms with Crippen LogP contribution in [0.1, 0.15) is 17.2 Å². The minimum atomic E-state index is -0.769. The van der Waals surface area contributed by atoms with Gasteiger partial charge in [0.1, 0.15) is 11.5 Å². The van der Waals surface area contributed by atoms with Crippen molar-refractivity contribution in [3.63, 3.8) is 0 Å². The highest BCUT2D eigenvalue weighted by Crippen LogP contribution is 2.33. The first-order valence-corrected chi connectivity index (χ1v) is 7.77. The number of hydrogen-bond donors (Lipinski definition) is 0. The lowest BCUT2D eigenvalue weighted by Gasteiger charge is -2.17. The molecule has 0 radical (unpaired) electrons. The Balaban J connectivity index is 1.93. The quantitative estimate of drug-likeness (QED) is 0.783. The highest BCUT2D eigenvalue weighted by atomic mass is 16.5. The molecular formula is C19H19NO5. The number of aliphatic imine (C=N–C) groups is 1. The van der Waals surface area contributed by atoms with Crippen molar-refractivity contribution in [2.75, 3.05) is 21.3 Å². The van der Waals surface area contributed by atoms with Gasteiger partial charge in [-0.2, -0.15) is 0 Å². The summed E-state index contributed by atoms with van der Waals surface area (Å²) in [6.07, 6.45) is -0.570. The van der Waals surface area contributed by atoms with E-state index in [1.807, 2.05) is 48.5 Å². The average Bonchev–Trinajstić information content (AvgIpc) is 3.13. The topological polar surface area (TPSA) is 66.4 Å². The number of rotatable bonds is 5. The van der Waals surface area contributed by atoms with E-state index in [0.717, 1.165) is 16.9 Å². The second-order valence-electron chi connectivity index (χ2n) is 5.45. The third kappa shape index (κ3) is 3.42. The fraction of sp³-hybridized carbons (Fsp3) is 0.263. The number of nitrogens with zero attached hydrogens (tertiary/aromatic N) is 1. The van der Waals surface area contributed by atoms with Gasteiger partial charge in [-0.25, -0.2) is 9.79 Å². The van der Waals surface area contributed by atoms with Crippen molar-refractivity contribution in [3.05, 3.63) is 59.7 Å². The monoisotopic (exact) mass is 341 g/mol. The molecule has 6 heteroatoms. The first-order chi connectivity index (χ1) is 12.2. The molecule has 0 aromatic heterocycles. The van der Waals surface area contributed by atoms with Crippen LogP contribution in [0.4, 0.5) is 0 Å². The number of esters is 1. The lowest BCUT2D eigenvalue weighted by Crippen LogP contribution is -2.25. The maximum absolute atomic E-state index is 12.2. The summed E-state index contributed by atoms with van der Waals surface area (Å²) >= 11 is 0. The Hall–Kier alpha value is -3.02. The molecule has 1 aliphatic rings. The molecule has 0 saturated heterocycles. The molecule has 1 heterocycles. The summed E-state index contributed by atoms with van der Waals surface area (Å²) < 4.78 is 21.3. The van der Waals surface area contributed by atoms with Gasteiger partial charge < -0.3 is 18.9 Å². The Bertz CT molecular complexity index is 785. The minimum absolute atomic E-state index is 0.394. The molecule has 0 amide bonds. The lowest BCUT2D eigenvalue weighted by molar-refractivity contribution is -0.143. The fourth-order valence-corrected chi connectivity index (χ4v) is 2.65. The van der Waals surface area contributed by atoms with Gasteiger partial charge in [-0.3, -0.25) is 0 Å². The van der Waals surface area contributed by atoms with Gasteiger partial charge in [-0.05, 0) is 42.0 Å². The summed E-state index contributed by atoms with van der Waals surface area (Å²) in [6.45, 7) is 0. The maximum atomic E-state index is 12.2. The highest BCUT2D eigenvalue weighted by Gasteiger charge is 2.39. The van der Waals surface area contributed by atoms with E-state index in [1.165, 1.54) is 7.11 Å². The van der Waals surface area contributed by atoms with Crippen LogP contribution in [0.3, 0.4) is 0 Å². The Morgan fingerprint density at radius 1 is 1.00 bits per heavy atom. The molecule has 6 nitrogen and oxygen atoms in total. The molecule has 25 heavy (non-hydrogen) atoms. The Labute approximate surface area is 146 Å². The first-order valence-electron chi connectivity index (χ1n) is 7.77. The van der Waals surface area contributed by atoms with Crippen LogP contribution in [-0.2, 0) is 14.3 Å². The molecule has 2 aromatic carbocycles. The SMILES string of the molecule is COC(=O)[C@@H]1N=C(c2ccc(OC)cc2)O[C@H]1c1cccc(OC)c1. The van der Waals surface area contributed by atoms with Gasteiger partial charge in [0.25, 0.3) is 0 Å². The number of ether oxygens (including phenoxy) is 4. The van der Waals surface area contributed by atoms with Gasteiger partial charge >= 0.3 is 5.97 Å². The van der Waals surface area contributed by atoms with Crippen LogP contribution < -0.4 is 9.47 Å². The molecule has 1 aliphatic heterocycles. The Morgan fingerprint density at radius 2 is 1.72 bits per heavy atom. The van der Waals surface area contributed by atoms with E-state index in [9.17, 15) is 4.79 Å². The molecule has 0 fully saturated rings. The van der Waals surface area contributed by atoms with Gasteiger partial charge in [0.15, 0.2) is 12.1 Å². The lowest BCUT2D eigenvalue weighted by atomic mass is 10.0. The molecule has 0 aliphatic carbocycles. The average molecular weight is 341 g/mol.